The number of nitrogens with one attached hydrogen (secondary N) is 2. The van der Waals surface area contributed by atoms with Crippen molar-refractivity contribution in [3.63, 3.8) is 0 Å². The Bertz CT molecular complexity index is 412. The molecule has 0 aromatic carbocycles. The van der Waals surface area contributed by atoms with E-state index >= 15 is 0 Å². The maximum atomic E-state index is 12.7. The van der Waals surface area contributed by atoms with Gasteiger partial charge in [-0.25, -0.2) is 9.97 Å². The molecule has 20 heavy (non-hydrogen) atoms. The van der Waals surface area contributed by atoms with Crippen molar-refractivity contribution in [2.75, 3.05) is 37.4 Å². The van der Waals surface area contributed by atoms with Crippen LogP contribution in [0, 0.1) is 0 Å². The Morgan fingerprint density at radius 3 is 2.35 bits per heavy atom. The number of aromatic nitrogens is 2. The van der Waals surface area contributed by atoms with Crippen molar-refractivity contribution in [2.24, 2.45) is 0 Å². The van der Waals surface area contributed by atoms with Gasteiger partial charge in [-0.15, -0.1) is 0 Å². The van der Waals surface area contributed by atoms with E-state index in [2.05, 4.69) is 20.6 Å². The molecule has 0 aliphatic rings. The summed E-state index contributed by atoms with van der Waals surface area (Å²) in [4.78, 5) is 6.93. The molecule has 0 atom stereocenters. The number of rotatable bonds is 8. The van der Waals surface area contributed by atoms with Crippen LogP contribution in [0.1, 0.15) is 25.6 Å². The van der Waals surface area contributed by atoms with E-state index in [1.165, 1.54) is 6.07 Å². The first-order valence-electron chi connectivity index (χ1n) is 6.40. The molecule has 0 saturated carbocycles. The Labute approximate surface area is 116 Å². The third kappa shape index (κ3) is 5.60. The Hall–Kier alpha value is -1.57. The van der Waals surface area contributed by atoms with Gasteiger partial charge in [-0.05, 0) is 19.8 Å². The van der Waals surface area contributed by atoms with Gasteiger partial charge in [-0.2, -0.15) is 13.2 Å². The quantitative estimate of drug-likeness (QED) is 0.722. The minimum atomic E-state index is -4.56. The number of hydrogen-bond acceptors (Lipinski definition) is 5. The van der Waals surface area contributed by atoms with Crippen molar-refractivity contribution >= 4 is 11.6 Å². The number of hydrogen-bond donors (Lipinski definition) is 2. The molecular weight excluding hydrogens is 273 g/mol. The molecule has 0 saturated heterocycles. The summed E-state index contributed by atoms with van der Waals surface area (Å²) in [5, 5.41) is 5.63. The Balaban J connectivity index is 2.71. The van der Waals surface area contributed by atoms with Crippen molar-refractivity contribution in [3.8, 4) is 0 Å². The zero-order valence-corrected chi connectivity index (χ0v) is 11.5. The molecule has 2 N–H and O–H groups in total. The minimum Gasteiger partial charge on any atom is -0.385 e. The monoisotopic (exact) mass is 292 g/mol. The van der Waals surface area contributed by atoms with Crippen molar-refractivity contribution in [1.82, 2.24) is 9.97 Å². The highest BCUT2D eigenvalue weighted by molar-refractivity contribution is 5.47. The average Bonchev–Trinajstić information content (AvgIpc) is 2.38. The molecule has 0 bridgehead atoms. The van der Waals surface area contributed by atoms with Crippen LogP contribution in [-0.4, -0.2) is 36.8 Å². The van der Waals surface area contributed by atoms with Crippen LogP contribution in [0.5, 0.6) is 0 Å². The molecule has 0 radical (unpaired) electrons. The zero-order valence-electron chi connectivity index (χ0n) is 11.5. The Kier molecular flexibility index (Phi) is 6.50. The highest BCUT2D eigenvalue weighted by Crippen LogP contribution is 2.28. The van der Waals surface area contributed by atoms with E-state index in [1.807, 2.05) is 0 Å². The summed E-state index contributed by atoms with van der Waals surface area (Å²) >= 11 is 0. The third-order valence-corrected chi connectivity index (χ3v) is 2.42. The number of nitrogens with zero attached hydrogens (tertiary/aromatic N) is 2. The van der Waals surface area contributed by atoms with Gasteiger partial charge >= 0.3 is 6.18 Å². The number of ether oxygens (including phenoxy) is 1. The van der Waals surface area contributed by atoms with Gasteiger partial charge in [0.2, 0.25) is 5.82 Å². The predicted octanol–water partition coefficient (Wildman–Crippen LogP) is 2.77. The Morgan fingerprint density at radius 2 is 1.80 bits per heavy atom. The molecule has 1 heterocycles. The number of alkyl halides is 3. The minimum absolute atomic E-state index is 0.161. The third-order valence-electron chi connectivity index (χ3n) is 2.42. The van der Waals surface area contributed by atoms with E-state index < -0.39 is 12.0 Å². The summed E-state index contributed by atoms with van der Waals surface area (Å²) in [5.74, 6) is -0.815. The van der Waals surface area contributed by atoms with E-state index in [4.69, 9.17) is 4.74 Å². The predicted molar refractivity (Wildman–Crippen MR) is 70.8 cm³/mol. The highest BCUT2D eigenvalue weighted by Gasteiger charge is 2.35. The largest absolute Gasteiger partial charge is 0.451 e. The lowest BCUT2D eigenvalue weighted by Crippen LogP contribution is -2.15. The summed E-state index contributed by atoms with van der Waals surface area (Å²) in [6, 6.07) is 1.47. The SMILES string of the molecule is CCNc1cc(NCCCCOC)nc(C(F)(F)F)n1. The van der Waals surface area contributed by atoms with Crippen LogP contribution in [-0.2, 0) is 10.9 Å². The number of anilines is 2. The summed E-state index contributed by atoms with van der Waals surface area (Å²) in [7, 11) is 1.61. The van der Waals surface area contributed by atoms with Gasteiger partial charge in [-0.1, -0.05) is 0 Å². The first-order chi connectivity index (χ1) is 9.47. The maximum Gasteiger partial charge on any atom is 0.451 e. The molecule has 0 aliphatic carbocycles. The van der Waals surface area contributed by atoms with Crippen LogP contribution in [0.3, 0.4) is 0 Å². The fourth-order valence-electron chi connectivity index (χ4n) is 1.52. The van der Waals surface area contributed by atoms with E-state index in [9.17, 15) is 13.2 Å². The second-order valence-corrected chi connectivity index (χ2v) is 4.12. The van der Waals surface area contributed by atoms with Gasteiger partial charge in [-0.3, -0.25) is 0 Å². The van der Waals surface area contributed by atoms with Gasteiger partial charge in [0, 0.05) is 32.9 Å². The van der Waals surface area contributed by atoms with Crippen molar-refractivity contribution in [2.45, 2.75) is 25.9 Å². The van der Waals surface area contributed by atoms with Crippen LogP contribution >= 0.6 is 0 Å². The smallest absolute Gasteiger partial charge is 0.385 e. The second-order valence-electron chi connectivity index (χ2n) is 4.12. The van der Waals surface area contributed by atoms with Gasteiger partial charge < -0.3 is 15.4 Å². The topological polar surface area (TPSA) is 59.1 Å². The molecule has 0 spiro atoms. The lowest BCUT2D eigenvalue weighted by atomic mass is 10.3. The van der Waals surface area contributed by atoms with Crippen LogP contribution in [0.15, 0.2) is 6.07 Å². The molecule has 0 fully saturated rings. The molecule has 0 aliphatic heterocycles. The summed E-state index contributed by atoms with van der Waals surface area (Å²) in [6.07, 6.45) is -2.94. The molecule has 1 aromatic heterocycles. The van der Waals surface area contributed by atoms with E-state index in [-0.39, 0.29) is 11.6 Å². The zero-order chi connectivity index (χ0) is 15.0. The molecule has 0 unspecified atom stereocenters. The summed E-state index contributed by atoms with van der Waals surface area (Å²) in [5.41, 5.74) is 0. The molecule has 8 heteroatoms. The summed E-state index contributed by atoms with van der Waals surface area (Å²) in [6.45, 7) is 3.43. The van der Waals surface area contributed by atoms with Gasteiger partial charge in [0.1, 0.15) is 11.6 Å². The Morgan fingerprint density at radius 1 is 1.15 bits per heavy atom. The first kappa shape index (κ1) is 16.5. The van der Waals surface area contributed by atoms with Gasteiger partial charge in [0.15, 0.2) is 0 Å². The van der Waals surface area contributed by atoms with Crippen molar-refractivity contribution in [3.05, 3.63) is 11.9 Å². The van der Waals surface area contributed by atoms with Crippen molar-refractivity contribution < 1.29 is 17.9 Å². The van der Waals surface area contributed by atoms with Crippen LogP contribution in [0.2, 0.25) is 0 Å². The van der Waals surface area contributed by atoms with Gasteiger partial charge in [0.05, 0.1) is 0 Å². The van der Waals surface area contributed by atoms with E-state index in [0.717, 1.165) is 12.8 Å². The van der Waals surface area contributed by atoms with E-state index in [0.29, 0.717) is 19.7 Å². The highest BCUT2D eigenvalue weighted by atomic mass is 19.4. The average molecular weight is 292 g/mol. The lowest BCUT2D eigenvalue weighted by Gasteiger charge is -2.12. The first-order valence-corrected chi connectivity index (χ1v) is 6.40. The number of methoxy groups -OCH3 is 1. The number of halogens is 3. The second kappa shape index (κ2) is 7.88. The van der Waals surface area contributed by atoms with E-state index in [1.54, 1.807) is 14.0 Å². The van der Waals surface area contributed by atoms with Crippen molar-refractivity contribution in [1.29, 1.82) is 0 Å². The summed E-state index contributed by atoms with van der Waals surface area (Å²) < 4.78 is 42.9. The van der Waals surface area contributed by atoms with Crippen LogP contribution < -0.4 is 10.6 Å². The molecule has 0 amide bonds. The van der Waals surface area contributed by atoms with Crippen LogP contribution in [0.25, 0.3) is 0 Å². The molecule has 114 valence electrons. The molecule has 5 nitrogen and oxygen atoms in total. The normalized spacial score (nSPS) is 11.4. The maximum absolute atomic E-state index is 12.7. The molecule has 1 aromatic rings. The standard InChI is InChI=1S/C12H19F3N4O/c1-3-16-9-8-10(17-6-4-5-7-20-2)19-11(18-9)12(13,14)15/h8H,3-7H2,1-2H3,(H2,16,17,18,19). The fourth-order valence-corrected chi connectivity index (χ4v) is 1.52. The number of unbranched alkanes of at least 4 members (excludes halogenated alkanes) is 1. The molecule has 1 rings (SSSR count). The van der Waals surface area contributed by atoms with Gasteiger partial charge in [0.25, 0.3) is 0 Å². The lowest BCUT2D eigenvalue weighted by molar-refractivity contribution is -0.144. The fraction of sp³-hybridized carbons (Fsp3) is 0.667. The molecular formula is C12H19F3N4O. The van der Waals surface area contributed by atoms with Crippen LogP contribution in [0.4, 0.5) is 24.8 Å².